The van der Waals surface area contributed by atoms with Crippen molar-refractivity contribution in [2.45, 2.75) is 32.7 Å². The van der Waals surface area contributed by atoms with Crippen molar-refractivity contribution in [1.29, 1.82) is 0 Å². The molecule has 2 aromatic rings. The highest BCUT2D eigenvalue weighted by Crippen LogP contribution is 2.30. The fraction of sp³-hybridized carbons (Fsp3) is 0.500. The summed E-state index contributed by atoms with van der Waals surface area (Å²) in [4.78, 5) is 4.62. The van der Waals surface area contributed by atoms with E-state index >= 15 is 0 Å². The molecule has 0 aliphatic carbocycles. The van der Waals surface area contributed by atoms with Gasteiger partial charge in [0.05, 0.1) is 6.04 Å². The number of fused-ring (bicyclic) bond motifs is 1. The molecule has 3 nitrogen and oxygen atoms in total. The largest absolute Gasteiger partial charge is 0.439 e. The number of aryl methyl sites for hydroxylation is 1. The summed E-state index contributed by atoms with van der Waals surface area (Å²) in [7, 11) is 0. The van der Waals surface area contributed by atoms with Crippen molar-refractivity contribution in [3.05, 3.63) is 29.7 Å². The monoisotopic (exact) mass is 230 g/mol. The van der Waals surface area contributed by atoms with E-state index in [-0.39, 0.29) is 6.04 Å². The van der Waals surface area contributed by atoms with Gasteiger partial charge in [-0.1, -0.05) is 19.9 Å². The highest BCUT2D eigenvalue weighted by molar-refractivity contribution is 5.73. The summed E-state index contributed by atoms with van der Waals surface area (Å²) in [5.74, 6) is 1.45. The molecule has 0 saturated carbocycles. The number of hydrogen-bond donors (Lipinski definition) is 1. The van der Waals surface area contributed by atoms with Crippen molar-refractivity contribution in [3.63, 3.8) is 0 Å². The van der Waals surface area contributed by atoms with Crippen LogP contribution >= 0.6 is 0 Å². The van der Waals surface area contributed by atoms with Gasteiger partial charge in [0.2, 0.25) is 5.89 Å². The number of oxazole rings is 1. The Kier molecular flexibility index (Phi) is 2.63. The van der Waals surface area contributed by atoms with Crippen LogP contribution in [0.2, 0.25) is 0 Å². The predicted octanol–water partition coefficient (Wildman–Crippen LogP) is 3.06. The molecule has 1 N–H and O–H groups in total. The maximum absolute atomic E-state index is 5.85. The van der Waals surface area contributed by atoms with Crippen LogP contribution in [0.15, 0.2) is 22.6 Å². The lowest BCUT2D eigenvalue weighted by Crippen LogP contribution is -2.16. The number of rotatable bonds is 2. The highest BCUT2D eigenvalue weighted by atomic mass is 16.3. The Bertz CT molecular complexity index is 532. The first-order valence-corrected chi connectivity index (χ1v) is 6.40. The molecule has 0 spiro atoms. The minimum absolute atomic E-state index is 0.285. The highest BCUT2D eigenvalue weighted by Gasteiger charge is 2.28. The van der Waals surface area contributed by atoms with Gasteiger partial charge in [-0.25, -0.2) is 4.98 Å². The normalized spacial score (nSPS) is 24.6. The van der Waals surface area contributed by atoms with Crippen LogP contribution in [-0.4, -0.2) is 11.5 Å². The van der Waals surface area contributed by atoms with E-state index in [2.05, 4.69) is 36.3 Å². The molecule has 2 unspecified atom stereocenters. The lowest BCUT2D eigenvalue weighted by molar-refractivity contribution is 0.394. The van der Waals surface area contributed by atoms with E-state index in [0.29, 0.717) is 5.92 Å². The molecule has 1 aromatic heterocycles. The molecule has 1 fully saturated rings. The number of hydrogen-bond acceptors (Lipinski definition) is 3. The molecule has 3 rings (SSSR count). The van der Waals surface area contributed by atoms with E-state index < -0.39 is 0 Å². The Labute approximate surface area is 101 Å². The number of aromatic nitrogens is 1. The van der Waals surface area contributed by atoms with Crippen molar-refractivity contribution >= 4 is 11.1 Å². The Hall–Kier alpha value is -1.35. The second-order valence-electron chi connectivity index (χ2n) is 4.91. The van der Waals surface area contributed by atoms with Crippen LogP contribution in [0.25, 0.3) is 11.1 Å². The molecule has 0 radical (unpaired) electrons. The number of nitrogens with one attached hydrogen (secondary N) is 1. The lowest BCUT2D eigenvalue weighted by atomic mass is 10.0. The lowest BCUT2D eigenvalue weighted by Gasteiger charge is -2.10. The zero-order chi connectivity index (χ0) is 11.8. The third-order valence-corrected chi connectivity index (χ3v) is 3.68. The number of nitrogens with zero attached hydrogens (tertiary/aromatic N) is 1. The average Bonchev–Trinajstić information content (AvgIpc) is 2.93. The molecule has 2 atom stereocenters. The van der Waals surface area contributed by atoms with Gasteiger partial charge in [0.1, 0.15) is 5.52 Å². The van der Waals surface area contributed by atoms with E-state index in [4.69, 9.17) is 4.42 Å². The molecule has 0 bridgehead atoms. The Balaban J connectivity index is 2.01. The third kappa shape index (κ3) is 1.84. The van der Waals surface area contributed by atoms with E-state index in [9.17, 15) is 0 Å². The van der Waals surface area contributed by atoms with Gasteiger partial charge in [0, 0.05) is 0 Å². The van der Waals surface area contributed by atoms with Gasteiger partial charge in [0.25, 0.3) is 0 Å². The van der Waals surface area contributed by atoms with Crippen LogP contribution in [0.5, 0.6) is 0 Å². The first-order chi connectivity index (χ1) is 8.28. The second kappa shape index (κ2) is 4.15. The van der Waals surface area contributed by atoms with E-state index in [1.807, 2.05) is 6.07 Å². The van der Waals surface area contributed by atoms with E-state index in [0.717, 1.165) is 30.0 Å². The first-order valence-electron chi connectivity index (χ1n) is 6.40. The topological polar surface area (TPSA) is 38.1 Å². The third-order valence-electron chi connectivity index (χ3n) is 3.68. The fourth-order valence-electron chi connectivity index (χ4n) is 2.51. The standard InChI is InChI=1S/C14H18N2O/c1-3-10-4-5-12-11(8-10)16-14(17-12)13-9(2)6-7-15-13/h4-5,8-9,13,15H,3,6-7H2,1-2H3. The van der Waals surface area contributed by atoms with Crippen LogP contribution in [0.1, 0.15) is 37.8 Å². The van der Waals surface area contributed by atoms with Crippen molar-refractivity contribution < 1.29 is 4.42 Å². The molecule has 1 aliphatic rings. The van der Waals surface area contributed by atoms with Gasteiger partial charge in [-0.15, -0.1) is 0 Å². The minimum atomic E-state index is 0.285. The Morgan fingerprint density at radius 3 is 3.06 bits per heavy atom. The summed E-state index contributed by atoms with van der Waals surface area (Å²) in [6.45, 7) is 5.46. The molecule has 1 aromatic carbocycles. The first kappa shape index (κ1) is 10.8. The SMILES string of the molecule is CCc1ccc2oc(C3NCCC3C)nc2c1. The summed E-state index contributed by atoms with van der Waals surface area (Å²) in [5, 5.41) is 3.46. The molecule has 0 amide bonds. The van der Waals surface area contributed by atoms with Crippen molar-refractivity contribution in [2.75, 3.05) is 6.54 Å². The van der Waals surface area contributed by atoms with Gasteiger partial charge >= 0.3 is 0 Å². The summed E-state index contributed by atoms with van der Waals surface area (Å²) in [6, 6.07) is 6.56. The van der Waals surface area contributed by atoms with Crippen LogP contribution in [0.4, 0.5) is 0 Å². The van der Waals surface area contributed by atoms with Crippen LogP contribution < -0.4 is 5.32 Å². The van der Waals surface area contributed by atoms with Crippen molar-refractivity contribution in [1.82, 2.24) is 10.3 Å². The number of benzene rings is 1. The zero-order valence-corrected chi connectivity index (χ0v) is 10.4. The average molecular weight is 230 g/mol. The quantitative estimate of drug-likeness (QED) is 0.861. The molecule has 1 aliphatic heterocycles. The van der Waals surface area contributed by atoms with Crippen LogP contribution in [0.3, 0.4) is 0 Å². The molecule has 2 heterocycles. The zero-order valence-electron chi connectivity index (χ0n) is 10.4. The van der Waals surface area contributed by atoms with Gasteiger partial charge in [-0.2, -0.15) is 0 Å². The van der Waals surface area contributed by atoms with Crippen molar-refractivity contribution in [3.8, 4) is 0 Å². The minimum Gasteiger partial charge on any atom is -0.439 e. The van der Waals surface area contributed by atoms with Gasteiger partial charge in [-0.3, -0.25) is 0 Å². The fourth-order valence-corrected chi connectivity index (χ4v) is 2.51. The molecule has 3 heteroatoms. The molecular formula is C14H18N2O. The Morgan fingerprint density at radius 1 is 1.47 bits per heavy atom. The second-order valence-corrected chi connectivity index (χ2v) is 4.91. The molecule has 90 valence electrons. The molecule has 17 heavy (non-hydrogen) atoms. The maximum atomic E-state index is 5.85. The molecular weight excluding hydrogens is 212 g/mol. The van der Waals surface area contributed by atoms with Gasteiger partial charge < -0.3 is 9.73 Å². The van der Waals surface area contributed by atoms with Gasteiger partial charge in [-0.05, 0) is 43.0 Å². The van der Waals surface area contributed by atoms with E-state index in [1.54, 1.807) is 0 Å². The summed E-state index contributed by atoms with van der Waals surface area (Å²) in [5.41, 5.74) is 3.20. The van der Waals surface area contributed by atoms with Gasteiger partial charge in [0.15, 0.2) is 5.58 Å². The van der Waals surface area contributed by atoms with Crippen molar-refractivity contribution in [2.24, 2.45) is 5.92 Å². The summed E-state index contributed by atoms with van der Waals surface area (Å²) < 4.78 is 5.85. The molecule has 1 saturated heterocycles. The summed E-state index contributed by atoms with van der Waals surface area (Å²) >= 11 is 0. The Morgan fingerprint density at radius 2 is 2.35 bits per heavy atom. The predicted molar refractivity (Wildman–Crippen MR) is 67.9 cm³/mol. The van der Waals surface area contributed by atoms with Crippen LogP contribution in [-0.2, 0) is 6.42 Å². The smallest absolute Gasteiger partial charge is 0.212 e. The van der Waals surface area contributed by atoms with Crippen LogP contribution in [0, 0.1) is 5.92 Å². The maximum Gasteiger partial charge on any atom is 0.212 e. The van der Waals surface area contributed by atoms with E-state index in [1.165, 1.54) is 12.0 Å². The summed E-state index contributed by atoms with van der Waals surface area (Å²) in [6.07, 6.45) is 2.24.